The fraction of sp³-hybridized carbons (Fsp3) is 0.455. The Bertz CT molecular complexity index is 353. The average Bonchev–Trinajstić information content (AvgIpc) is 2.30. The van der Waals surface area contributed by atoms with Crippen LogP contribution >= 0.6 is 0 Å². The summed E-state index contributed by atoms with van der Waals surface area (Å²) in [6, 6.07) is 6.45. The highest BCUT2D eigenvalue weighted by Gasteiger charge is 2.07. The molecule has 0 radical (unpaired) electrons. The Kier molecular flexibility index (Phi) is 5.55. The van der Waals surface area contributed by atoms with Crippen LogP contribution in [-0.2, 0) is 6.42 Å². The van der Waals surface area contributed by atoms with Crippen molar-refractivity contribution in [1.82, 2.24) is 5.32 Å². The molecule has 1 aromatic carbocycles. The monoisotopic (exact) mass is 238 g/mol. The van der Waals surface area contributed by atoms with E-state index in [2.05, 4.69) is 5.32 Å². The number of hydrogen-bond donors (Lipinski definition) is 3. The van der Waals surface area contributed by atoms with Crippen LogP contribution in [0.4, 0.5) is 5.69 Å². The molecule has 94 valence electrons. The van der Waals surface area contributed by atoms with Gasteiger partial charge in [0.25, 0.3) is 5.69 Å². The Morgan fingerprint density at radius 3 is 2.53 bits per heavy atom. The van der Waals surface area contributed by atoms with E-state index in [1.165, 1.54) is 12.1 Å². The van der Waals surface area contributed by atoms with Gasteiger partial charge in [0.15, 0.2) is 0 Å². The summed E-state index contributed by atoms with van der Waals surface area (Å²) in [5.74, 6) is 0. The van der Waals surface area contributed by atoms with Gasteiger partial charge in [-0.2, -0.15) is 0 Å². The fourth-order valence-corrected chi connectivity index (χ4v) is 1.52. The first kappa shape index (κ1) is 13.6. The van der Waals surface area contributed by atoms with Crippen LogP contribution in [0, 0.1) is 10.1 Å². The van der Waals surface area contributed by atoms with Gasteiger partial charge in [-0.3, -0.25) is 10.1 Å². The van der Waals surface area contributed by atoms with E-state index in [-0.39, 0.29) is 11.7 Å². The molecule has 0 saturated carbocycles. The van der Waals surface area contributed by atoms with Gasteiger partial charge < -0.3 is 16.8 Å². The van der Waals surface area contributed by atoms with Crippen molar-refractivity contribution >= 4 is 5.69 Å². The van der Waals surface area contributed by atoms with E-state index in [0.717, 1.165) is 12.1 Å². The maximum atomic E-state index is 10.5. The summed E-state index contributed by atoms with van der Waals surface area (Å²) >= 11 is 0. The number of nitrogens with zero attached hydrogens (tertiary/aromatic N) is 1. The molecule has 0 spiro atoms. The Labute approximate surface area is 100 Å². The normalized spacial score (nSPS) is 12.4. The topological polar surface area (TPSA) is 107 Å². The van der Waals surface area contributed by atoms with Gasteiger partial charge in [0.05, 0.1) is 4.92 Å². The van der Waals surface area contributed by atoms with Gasteiger partial charge in [-0.05, 0) is 12.0 Å². The fourth-order valence-electron chi connectivity index (χ4n) is 1.52. The number of nitro groups is 1. The molecule has 0 bridgehead atoms. The van der Waals surface area contributed by atoms with E-state index < -0.39 is 4.92 Å². The van der Waals surface area contributed by atoms with Crippen molar-refractivity contribution in [2.45, 2.75) is 12.5 Å². The van der Waals surface area contributed by atoms with Gasteiger partial charge in [0, 0.05) is 37.8 Å². The van der Waals surface area contributed by atoms with Gasteiger partial charge in [-0.1, -0.05) is 12.1 Å². The van der Waals surface area contributed by atoms with E-state index in [0.29, 0.717) is 19.5 Å². The van der Waals surface area contributed by atoms with Crippen molar-refractivity contribution in [3.8, 4) is 0 Å². The maximum absolute atomic E-state index is 10.5. The van der Waals surface area contributed by atoms with Gasteiger partial charge in [-0.25, -0.2) is 0 Å². The summed E-state index contributed by atoms with van der Waals surface area (Å²) in [5.41, 5.74) is 12.4. The molecule has 0 aliphatic heterocycles. The van der Waals surface area contributed by atoms with Crippen LogP contribution in [0.5, 0.6) is 0 Å². The van der Waals surface area contributed by atoms with Crippen molar-refractivity contribution in [2.75, 3.05) is 19.6 Å². The van der Waals surface area contributed by atoms with E-state index >= 15 is 0 Å². The highest BCUT2D eigenvalue weighted by molar-refractivity contribution is 5.33. The number of rotatable bonds is 7. The third kappa shape index (κ3) is 4.90. The predicted molar refractivity (Wildman–Crippen MR) is 66.7 cm³/mol. The molecule has 6 heteroatoms. The molecule has 0 saturated heterocycles. The zero-order valence-electron chi connectivity index (χ0n) is 9.63. The van der Waals surface area contributed by atoms with Crippen molar-refractivity contribution in [3.63, 3.8) is 0 Å². The number of non-ortho nitro benzene ring substituents is 1. The molecule has 0 aliphatic carbocycles. The van der Waals surface area contributed by atoms with Crippen LogP contribution < -0.4 is 16.8 Å². The van der Waals surface area contributed by atoms with Crippen molar-refractivity contribution in [3.05, 3.63) is 39.9 Å². The zero-order valence-corrected chi connectivity index (χ0v) is 9.63. The van der Waals surface area contributed by atoms with Crippen molar-refractivity contribution in [1.29, 1.82) is 0 Å². The van der Waals surface area contributed by atoms with Crippen LogP contribution in [0.3, 0.4) is 0 Å². The summed E-state index contributed by atoms with van der Waals surface area (Å²) in [6.07, 6.45) is 0.690. The second-order valence-corrected chi connectivity index (χ2v) is 3.88. The first-order chi connectivity index (χ1) is 8.13. The van der Waals surface area contributed by atoms with Crippen LogP contribution in [0.2, 0.25) is 0 Å². The molecule has 5 N–H and O–H groups in total. The molecular formula is C11H18N4O2. The summed E-state index contributed by atoms with van der Waals surface area (Å²) in [7, 11) is 0. The molecular weight excluding hydrogens is 220 g/mol. The first-order valence-corrected chi connectivity index (χ1v) is 5.53. The van der Waals surface area contributed by atoms with Crippen LogP contribution in [0.25, 0.3) is 0 Å². The molecule has 0 unspecified atom stereocenters. The van der Waals surface area contributed by atoms with Crippen LogP contribution in [0.15, 0.2) is 24.3 Å². The second kappa shape index (κ2) is 6.95. The molecule has 0 aromatic heterocycles. The Balaban J connectivity index is 2.43. The lowest BCUT2D eigenvalue weighted by Gasteiger charge is -2.12. The molecule has 0 fully saturated rings. The minimum atomic E-state index is -0.410. The van der Waals surface area contributed by atoms with Crippen LogP contribution in [-0.4, -0.2) is 30.6 Å². The minimum absolute atomic E-state index is 0.0111. The first-order valence-electron chi connectivity index (χ1n) is 5.53. The molecule has 0 aliphatic rings. The van der Waals surface area contributed by atoms with Crippen molar-refractivity contribution < 1.29 is 4.92 Å². The maximum Gasteiger partial charge on any atom is 0.269 e. The number of nitrogens with two attached hydrogens (primary N) is 2. The zero-order chi connectivity index (χ0) is 12.7. The number of hydrogen-bond acceptors (Lipinski definition) is 5. The molecule has 1 rings (SSSR count). The standard InChI is InChI=1S/C11H18N4O2/c12-5-6-14-8-10(13)7-9-1-3-11(4-2-9)15(16)17/h1-4,10,14H,5-8,12-13H2/t10-/m0/s1. The summed E-state index contributed by atoms with van der Waals surface area (Å²) in [4.78, 5) is 10.1. The molecule has 1 aromatic rings. The summed E-state index contributed by atoms with van der Waals surface area (Å²) in [5, 5.41) is 13.6. The average molecular weight is 238 g/mol. The molecule has 6 nitrogen and oxygen atoms in total. The lowest BCUT2D eigenvalue weighted by molar-refractivity contribution is -0.384. The molecule has 17 heavy (non-hydrogen) atoms. The largest absolute Gasteiger partial charge is 0.329 e. The van der Waals surface area contributed by atoms with Gasteiger partial charge in [0.2, 0.25) is 0 Å². The van der Waals surface area contributed by atoms with E-state index in [1.54, 1.807) is 12.1 Å². The molecule has 0 amide bonds. The Hall–Kier alpha value is -1.50. The minimum Gasteiger partial charge on any atom is -0.329 e. The Morgan fingerprint density at radius 2 is 2.00 bits per heavy atom. The number of nitro benzene ring substituents is 1. The highest BCUT2D eigenvalue weighted by Crippen LogP contribution is 2.12. The highest BCUT2D eigenvalue weighted by atomic mass is 16.6. The van der Waals surface area contributed by atoms with Gasteiger partial charge in [0.1, 0.15) is 0 Å². The van der Waals surface area contributed by atoms with Crippen molar-refractivity contribution in [2.24, 2.45) is 11.5 Å². The summed E-state index contributed by atoms with van der Waals surface area (Å²) in [6.45, 7) is 2.02. The predicted octanol–water partition coefficient (Wildman–Crippen LogP) is 0.0129. The number of nitrogens with one attached hydrogen (secondary N) is 1. The Morgan fingerprint density at radius 1 is 1.35 bits per heavy atom. The smallest absolute Gasteiger partial charge is 0.269 e. The SMILES string of the molecule is NCCNC[C@@H](N)Cc1ccc([N+](=O)[O-])cc1. The third-order valence-electron chi connectivity index (χ3n) is 2.37. The van der Waals surface area contributed by atoms with Crippen LogP contribution in [0.1, 0.15) is 5.56 Å². The van der Waals surface area contributed by atoms with E-state index in [9.17, 15) is 10.1 Å². The van der Waals surface area contributed by atoms with E-state index in [1.807, 2.05) is 0 Å². The third-order valence-corrected chi connectivity index (χ3v) is 2.37. The second-order valence-electron chi connectivity index (χ2n) is 3.88. The lowest BCUT2D eigenvalue weighted by Crippen LogP contribution is -2.37. The molecule has 1 atom stereocenters. The van der Waals surface area contributed by atoms with E-state index in [4.69, 9.17) is 11.5 Å². The summed E-state index contributed by atoms with van der Waals surface area (Å²) < 4.78 is 0. The quantitative estimate of drug-likeness (QED) is 0.352. The lowest BCUT2D eigenvalue weighted by atomic mass is 10.1. The molecule has 0 heterocycles. The number of benzene rings is 1. The van der Waals surface area contributed by atoms with Gasteiger partial charge in [-0.15, -0.1) is 0 Å². The van der Waals surface area contributed by atoms with Gasteiger partial charge >= 0.3 is 0 Å².